The highest BCUT2D eigenvalue weighted by Crippen LogP contribution is 2.33. The summed E-state index contributed by atoms with van der Waals surface area (Å²) >= 11 is 0. The van der Waals surface area contributed by atoms with Gasteiger partial charge in [-0.15, -0.1) is 0 Å². The van der Waals surface area contributed by atoms with Crippen molar-refractivity contribution in [2.45, 2.75) is 20.8 Å². The molecule has 0 aliphatic carbocycles. The van der Waals surface area contributed by atoms with Crippen molar-refractivity contribution in [3.63, 3.8) is 0 Å². The zero-order chi connectivity index (χ0) is 21.1. The Kier molecular flexibility index (Phi) is 9.15. The largest absolute Gasteiger partial charge is 0.508 e. The van der Waals surface area contributed by atoms with Crippen LogP contribution in [-0.4, -0.2) is 47.7 Å². The number of phenols is 3. The van der Waals surface area contributed by atoms with Crippen LogP contribution in [0.3, 0.4) is 0 Å². The number of carbonyl (C=O) groups excluding carboxylic acids is 2. The summed E-state index contributed by atoms with van der Waals surface area (Å²) in [5, 5.41) is 26.6. The number of rotatable bonds is 8. The summed E-state index contributed by atoms with van der Waals surface area (Å²) in [7, 11) is 0. The zero-order valence-corrected chi connectivity index (χ0v) is 16.0. The maximum absolute atomic E-state index is 11.1. The Bertz CT molecular complexity index is 751. The van der Waals surface area contributed by atoms with Crippen molar-refractivity contribution in [2.75, 3.05) is 19.8 Å². The Labute approximate surface area is 162 Å². The van der Waals surface area contributed by atoms with Crippen LogP contribution in [0.2, 0.25) is 0 Å². The number of ether oxygens (including phenoxy) is 3. The van der Waals surface area contributed by atoms with Gasteiger partial charge in [0.25, 0.3) is 0 Å². The molecular weight excluding hydrogens is 368 g/mol. The second-order valence-electron chi connectivity index (χ2n) is 5.27. The Morgan fingerprint density at radius 3 is 1.50 bits per heavy atom. The molecule has 0 saturated heterocycles. The fourth-order valence-corrected chi connectivity index (χ4v) is 2.22. The van der Waals surface area contributed by atoms with Gasteiger partial charge in [0.2, 0.25) is 0 Å². The van der Waals surface area contributed by atoms with Gasteiger partial charge in [0.15, 0.2) is 12.6 Å². The highest BCUT2D eigenvalue weighted by atomic mass is 16.5. The van der Waals surface area contributed by atoms with Gasteiger partial charge in [-0.25, -0.2) is 0 Å². The molecule has 2 aromatic carbocycles. The minimum Gasteiger partial charge on any atom is -0.508 e. The second kappa shape index (κ2) is 11.3. The van der Waals surface area contributed by atoms with E-state index in [-0.39, 0.29) is 11.3 Å². The molecule has 8 heteroatoms. The van der Waals surface area contributed by atoms with Crippen LogP contribution in [0.4, 0.5) is 0 Å². The lowest BCUT2D eigenvalue weighted by Gasteiger charge is -2.14. The third-order valence-electron chi connectivity index (χ3n) is 3.35. The van der Waals surface area contributed by atoms with Crippen LogP contribution in [0.1, 0.15) is 41.5 Å². The maximum atomic E-state index is 11.1. The topological polar surface area (TPSA) is 123 Å². The third kappa shape index (κ3) is 6.08. The van der Waals surface area contributed by atoms with E-state index in [2.05, 4.69) is 0 Å². The molecule has 28 heavy (non-hydrogen) atoms. The number of aldehydes is 2. The Balaban J connectivity index is 0.000000307. The number of hydrogen-bond acceptors (Lipinski definition) is 8. The molecule has 0 unspecified atom stereocenters. The van der Waals surface area contributed by atoms with Gasteiger partial charge in [-0.1, -0.05) is 0 Å². The molecule has 0 aliphatic heterocycles. The summed E-state index contributed by atoms with van der Waals surface area (Å²) in [5.41, 5.74) is 0.208. The first-order valence-corrected chi connectivity index (χ1v) is 8.63. The van der Waals surface area contributed by atoms with Crippen molar-refractivity contribution in [3.05, 3.63) is 35.4 Å². The first-order chi connectivity index (χ1) is 13.4. The van der Waals surface area contributed by atoms with E-state index in [1.165, 1.54) is 0 Å². The Morgan fingerprint density at radius 2 is 1.14 bits per heavy atom. The zero-order valence-electron chi connectivity index (χ0n) is 16.0. The van der Waals surface area contributed by atoms with E-state index < -0.39 is 11.5 Å². The molecule has 152 valence electrons. The average Bonchev–Trinajstić information content (AvgIpc) is 2.63. The predicted molar refractivity (Wildman–Crippen MR) is 102 cm³/mol. The lowest BCUT2D eigenvalue weighted by molar-refractivity contribution is 0.110. The minimum atomic E-state index is -0.433. The molecule has 0 bridgehead atoms. The fourth-order valence-electron chi connectivity index (χ4n) is 2.22. The van der Waals surface area contributed by atoms with Crippen molar-refractivity contribution < 1.29 is 39.1 Å². The summed E-state index contributed by atoms with van der Waals surface area (Å²) in [6.45, 7) is 7.15. The molecule has 0 atom stereocenters. The van der Waals surface area contributed by atoms with Crippen molar-refractivity contribution in [1.29, 1.82) is 0 Å². The normalized spacial score (nSPS) is 9.68. The van der Waals surface area contributed by atoms with Crippen molar-refractivity contribution in [1.82, 2.24) is 0 Å². The molecular formula is C20H24O8. The van der Waals surface area contributed by atoms with Gasteiger partial charge in [0, 0.05) is 24.3 Å². The van der Waals surface area contributed by atoms with Crippen LogP contribution in [0, 0.1) is 0 Å². The highest BCUT2D eigenvalue weighted by Gasteiger charge is 2.13. The minimum absolute atomic E-state index is 0.220. The SMILES string of the molecule is CCOc1cc(OCC)c(C=O)c(OCC)c1.O=Cc1c(O)cc(O)cc1O. The molecule has 2 aromatic rings. The van der Waals surface area contributed by atoms with Gasteiger partial charge >= 0.3 is 0 Å². The van der Waals surface area contributed by atoms with E-state index in [0.717, 1.165) is 18.4 Å². The predicted octanol–water partition coefficient (Wildman–Crippen LogP) is 3.31. The summed E-state index contributed by atoms with van der Waals surface area (Å²) in [6.07, 6.45) is 1.05. The molecule has 8 nitrogen and oxygen atoms in total. The molecule has 3 N–H and O–H groups in total. The number of phenolic OH excluding ortho intramolecular Hbond substituents is 3. The van der Waals surface area contributed by atoms with Gasteiger partial charge < -0.3 is 29.5 Å². The quantitative estimate of drug-likeness (QED) is 0.585. The van der Waals surface area contributed by atoms with Crippen molar-refractivity contribution in [3.8, 4) is 34.5 Å². The molecule has 0 spiro atoms. The number of carbonyl (C=O) groups is 2. The molecule has 0 fully saturated rings. The number of benzene rings is 2. The van der Waals surface area contributed by atoms with Crippen molar-refractivity contribution >= 4 is 12.6 Å². The van der Waals surface area contributed by atoms with Crippen LogP contribution in [-0.2, 0) is 0 Å². The van der Waals surface area contributed by atoms with E-state index in [4.69, 9.17) is 29.5 Å². The fraction of sp³-hybridized carbons (Fsp3) is 0.300. The van der Waals surface area contributed by atoms with Gasteiger partial charge in [-0.05, 0) is 20.8 Å². The lowest BCUT2D eigenvalue weighted by Crippen LogP contribution is -2.02. The second-order valence-corrected chi connectivity index (χ2v) is 5.27. The first kappa shape index (κ1) is 22.6. The number of hydrogen-bond donors (Lipinski definition) is 3. The summed E-state index contributed by atoms with van der Waals surface area (Å²) in [6, 6.07) is 5.37. The number of aromatic hydroxyl groups is 3. The smallest absolute Gasteiger partial charge is 0.157 e. The van der Waals surface area contributed by atoms with Crippen LogP contribution >= 0.6 is 0 Å². The molecule has 0 saturated carbocycles. The van der Waals surface area contributed by atoms with Gasteiger partial charge in [0.05, 0.1) is 30.9 Å². The van der Waals surface area contributed by atoms with Gasteiger partial charge in [0.1, 0.15) is 34.5 Å². The van der Waals surface area contributed by atoms with E-state index >= 15 is 0 Å². The summed E-state index contributed by atoms with van der Waals surface area (Å²) in [4.78, 5) is 21.2. The Hall–Kier alpha value is -3.42. The molecule has 0 aliphatic rings. The monoisotopic (exact) mass is 392 g/mol. The lowest BCUT2D eigenvalue weighted by atomic mass is 10.2. The van der Waals surface area contributed by atoms with Crippen LogP contribution in [0.25, 0.3) is 0 Å². The highest BCUT2D eigenvalue weighted by molar-refractivity contribution is 5.84. The molecule has 2 rings (SSSR count). The van der Waals surface area contributed by atoms with E-state index in [9.17, 15) is 9.59 Å². The summed E-state index contributed by atoms with van der Waals surface area (Å²) in [5.74, 6) is 0.486. The molecule has 0 aromatic heterocycles. The van der Waals surface area contributed by atoms with Gasteiger partial charge in [-0.3, -0.25) is 9.59 Å². The van der Waals surface area contributed by atoms with E-state index in [1.807, 2.05) is 20.8 Å². The first-order valence-electron chi connectivity index (χ1n) is 8.63. The van der Waals surface area contributed by atoms with Crippen molar-refractivity contribution in [2.24, 2.45) is 0 Å². The third-order valence-corrected chi connectivity index (χ3v) is 3.35. The van der Waals surface area contributed by atoms with E-state index in [0.29, 0.717) is 48.9 Å². The maximum Gasteiger partial charge on any atom is 0.157 e. The molecule has 0 amide bonds. The van der Waals surface area contributed by atoms with E-state index in [1.54, 1.807) is 12.1 Å². The average molecular weight is 392 g/mol. The summed E-state index contributed by atoms with van der Waals surface area (Å²) < 4.78 is 16.2. The molecule has 0 radical (unpaired) electrons. The van der Waals surface area contributed by atoms with Crippen LogP contribution in [0.5, 0.6) is 34.5 Å². The van der Waals surface area contributed by atoms with Crippen LogP contribution in [0.15, 0.2) is 24.3 Å². The standard InChI is InChI=1S/C13H18O4.C7H6O4/c1-4-15-10-7-12(16-5-2)11(9-14)13(8-10)17-6-3;8-3-5-6(10)1-4(9)2-7(5)11/h7-9H,4-6H2,1-3H3;1-3,9-11H. The molecule has 0 heterocycles. The van der Waals surface area contributed by atoms with Gasteiger partial charge in [-0.2, -0.15) is 0 Å². The van der Waals surface area contributed by atoms with Crippen LogP contribution < -0.4 is 14.2 Å². The Morgan fingerprint density at radius 1 is 0.714 bits per heavy atom.